The molecule has 1 aliphatic heterocycles. The molecule has 0 radical (unpaired) electrons. The number of likely N-dealkylation sites (N-methyl/N-ethyl adjacent to an activating group) is 1. The molecule has 130 valence electrons. The summed E-state index contributed by atoms with van der Waals surface area (Å²) in [5.74, 6) is -0.00896. The van der Waals surface area contributed by atoms with Gasteiger partial charge in [-0.3, -0.25) is 9.59 Å². The van der Waals surface area contributed by atoms with Crippen LogP contribution in [0.5, 0.6) is 0 Å². The number of hydrogen-bond acceptors (Lipinski definition) is 3. The quantitative estimate of drug-likeness (QED) is 0.881. The van der Waals surface area contributed by atoms with Gasteiger partial charge >= 0.3 is 0 Å². The first-order valence-corrected chi connectivity index (χ1v) is 8.62. The molecule has 1 aliphatic rings. The lowest BCUT2D eigenvalue weighted by molar-refractivity contribution is -0.120. The molecule has 0 aliphatic carbocycles. The summed E-state index contributed by atoms with van der Waals surface area (Å²) >= 11 is 0. The lowest BCUT2D eigenvalue weighted by Crippen LogP contribution is -2.43. The van der Waals surface area contributed by atoms with Crippen LogP contribution in [0.2, 0.25) is 0 Å². The van der Waals surface area contributed by atoms with Gasteiger partial charge in [0.15, 0.2) is 0 Å². The van der Waals surface area contributed by atoms with Gasteiger partial charge in [0.1, 0.15) is 0 Å². The summed E-state index contributed by atoms with van der Waals surface area (Å²) in [5, 5.41) is 3.00. The monoisotopic (exact) mass is 337 g/mol. The summed E-state index contributed by atoms with van der Waals surface area (Å²) < 4.78 is 0. The molecule has 0 aromatic heterocycles. The topological polar surface area (TPSA) is 52.7 Å². The molecule has 1 heterocycles. The predicted molar refractivity (Wildman–Crippen MR) is 99.7 cm³/mol. The van der Waals surface area contributed by atoms with E-state index in [1.807, 2.05) is 72.5 Å². The van der Waals surface area contributed by atoms with Gasteiger partial charge in [-0.25, -0.2) is 0 Å². The van der Waals surface area contributed by atoms with Gasteiger partial charge in [0, 0.05) is 30.9 Å². The average molecular weight is 337 g/mol. The lowest BCUT2D eigenvalue weighted by atomic mass is 10.2. The maximum Gasteiger partial charge on any atom is 0.239 e. The Hall–Kier alpha value is -2.82. The van der Waals surface area contributed by atoms with Crippen LogP contribution in [0.15, 0.2) is 60.7 Å². The molecule has 3 rings (SSSR count). The van der Waals surface area contributed by atoms with Crippen LogP contribution < -0.4 is 15.1 Å². The van der Waals surface area contributed by atoms with Crippen LogP contribution in [0.1, 0.15) is 13.3 Å². The van der Waals surface area contributed by atoms with E-state index in [0.717, 1.165) is 17.9 Å². The Balaban J connectivity index is 1.57. The number of para-hydroxylation sites is 2. The minimum Gasteiger partial charge on any atom is -0.363 e. The third-order valence-corrected chi connectivity index (χ3v) is 4.40. The van der Waals surface area contributed by atoms with Crippen LogP contribution in [0.4, 0.5) is 11.4 Å². The minimum atomic E-state index is -0.144. The van der Waals surface area contributed by atoms with Crippen molar-refractivity contribution in [2.45, 2.75) is 19.4 Å². The second kappa shape index (κ2) is 7.83. The number of rotatable bonds is 6. The van der Waals surface area contributed by atoms with Crippen LogP contribution in [0, 0.1) is 0 Å². The molecule has 1 atom stereocenters. The van der Waals surface area contributed by atoms with Gasteiger partial charge in [0.2, 0.25) is 11.8 Å². The third-order valence-electron chi connectivity index (χ3n) is 4.40. The van der Waals surface area contributed by atoms with Gasteiger partial charge in [0.05, 0.1) is 12.6 Å². The Morgan fingerprint density at radius 1 is 1.12 bits per heavy atom. The molecule has 0 unspecified atom stereocenters. The molecule has 2 amide bonds. The van der Waals surface area contributed by atoms with Crippen molar-refractivity contribution in [3.63, 3.8) is 0 Å². The first-order chi connectivity index (χ1) is 12.2. The van der Waals surface area contributed by atoms with Crippen molar-refractivity contribution < 1.29 is 9.59 Å². The zero-order valence-electron chi connectivity index (χ0n) is 14.4. The molecule has 2 aromatic rings. The molecular formula is C20H23N3O2. The summed E-state index contributed by atoms with van der Waals surface area (Å²) in [7, 11) is 0. The summed E-state index contributed by atoms with van der Waals surface area (Å²) in [6, 6.07) is 19.3. The summed E-state index contributed by atoms with van der Waals surface area (Å²) in [6.07, 6.45) is 0.345. The molecule has 1 N–H and O–H groups in total. The van der Waals surface area contributed by atoms with Gasteiger partial charge in [-0.05, 0) is 31.2 Å². The molecule has 0 spiro atoms. The highest BCUT2D eigenvalue weighted by Crippen LogP contribution is 2.21. The van der Waals surface area contributed by atoms with E-state index in [0.29, 0.717) is 13.0 Å². The van der Waals surface area contributed by atoms with E-state index in [4.69, 9.17) is 0 Å². The fraction of sp³-hybridized carbons (Fsp3) is 0.300. The number of carbonyl (C=O) groups excluding carboxylic acids is 2. The van der Waals surface area contributed by atoms with Crippen molar-refractivity contribution >= 4 is 23.2 Å². The highest BCUT2D eigenvalue weighted by atomic mass is 16.2. The molecule has 5 heteroatoms. The van der Waals surface area contributed by atoms with Crippen molar-refractivity contribution in [3.8, 4) is 0 Å². The third kappa shape index (κ3) is 4.18. The Morgan fingerprint density at radius 3 is 2.40 bits per heavy atom. The second-order valence-electron chi connectivity index (χ2n) is 6.16. The molecule has 0 bridgehead atoms. The first-order valence-electron chi connectivity index (χ1n) is 8.62. The number of anilines is 2. The SMILES string of the molecule is CCN(CC(=O)N[C@@H]1CC(=O)N(c2ccccc2)C1)c1ccccc1. The molecule has 2 aromatic carbocycles. The van der Waals surface area contributed by atoms with Gasteiger partial charge in [0.25, 0.3) is 0 Å². The predicted octanol–water partition coefficient (Wildman–Crippen LogP) is 2.43. The Labute approximate surface area is 148 Å². The first kappa shape index (κ1) is 17.0. The number of nitrogens with one attached hydrogen (secondary N) is 1. The maximum atomic E-state index is 12.4. The lowest BCUT2D eigenvalue weighted by Gasteiger charge is -2.23. The van der Waals surface area contributed by atoms with Crippen LogP contribution in [-0.4, -0.2) is 37.5 Å². The summed E-state index contributed by atoms with van der Waals surface area (Å²) in [5.41, 5.74) is 1.90. The zero-order valence-corrected chi connectivity index (χ0v) is 14.4. The van der Waals surface area contributed by atoms with E-state index in [1.165, 1.54) is 0 Å². The fourth-order valence-corrected chi connectivity index (χ4v) is 3.13. The van der Waals surface area contributed by atoms with Gasteiger partial charge < -0.3 is 15.1 Å². The second-order valence-corrected chi connectivity index (χ2v) is 6.16. The highest BCUT2D eigenvalue weighted by molar-refractivity contribution is 5.97. The zero-order chi connectivity index (χ0) is 17.6. The van der Waals surface area contributed by atoms with E-state index in [1.54, 1.807) is 4.90 Å². The Morgan fingerprint density at radius 2 is 1.76 bits per heavy atom. The molecule has 25 heavy (non-hydrogen) atoms. The number of amides is 2. The van der Waals surface area contributed by atoms with Gasteiger partial charge in [-0.2, -0.15) is 0 Å². The van der Waals surface area contributed by atoms with E-state index >= 15 is 0 Å². The molecule has 1 saturated heterocycles. The number of benzene rings is 2. The molecule has 5 nitrogen and oxygen atoms in total. The Bertz CT molecular complexity index is 718. The minimum absolute atomic E-state index is 0.0481. The van der Waals surface area contributed by atoms with Crippen LogP contribution in [0.3, 0.4) is 0 Å². The standard InChI is InChI=1S/C20H23N3O2/c1-2-22(17-9-5-3-6-10-17)15-19(24)21-16-13-20(25)23(14-16)18-11-7-4-8-12-18/h3-12,16H,2,13-15H2,1H3,(H,21,24)/t16-/m1/s1. The maximum absolute atomic E-state index is 12.4. The number of carbonyl (C=O) groups is 2. The fourth-order valence-electron chi connectivity index (χ4n) is 3.13. The van der Waals surface area contributed by atoms with Crippen LogP contribution in [0.25, 0.3) is 0 Å². The number of nitrogens with zero attached hydrogens (tertiary/aromatic N) is 2. The highest BCUT2D eigenvalue weighted by Gasteiger charge is 2.31. The van der Waals surface area contributed by atoms with E-state index in [9.17, 15) is 9.59 Å². The van der Waals surface area contributed by atoms with Gasteiger partial charge in [-0.1, -0.05) is 36.4 Å². The van der Waals surface area contributed by atoms with E-state index < -0.39 is 0 Å². The smallest absolute Gasteiger partial charge is 0.239 e. The molecule has 1 fully saturated rings. The van der Waals surface area contributed by atoms with Crippen molar-refractivity contribution in [2.75, 3.05) is 29.4 Å². The average Bonchev–Trinajstić information content (AvgIpc) is 3.01. The molecular weight excluding hydrogens is 314 g/mol. The summed E-state index contributed by atoms with van der Waals surface area (Å²) in [6.45, 7) is 3.58. The summed E-state index contributed by atoms with van der Waals surface area (Å²) in [4.78, 5) is 28.4. The van der Waals surface area contributed by atoms with Gasteiger partial charge in [-0.15, -0.1) is 0 Å². The van der Waals surface area contributed by atoms with Crippen molar-refractivity contribution in [1.29, 1.82) is 0 Å². The molecule has 0 saturated carbocycles. The van der Waals surface area contributed by atoms with Crippen molar-refractivity contribution in [2.24, 2.45) is 0 Å². The largest absolute Gasteiger partial charge is 0.363 e. The van der Waals surface area contributed by atoms with Crippen molar-refractivity contribution in [3.05, 3.63) is 60.7 Å². The Kier molecular flexibility index (Phi) is 5.33. The number of hydrogen-bond donors (Lipinski definition) is 1. The van der Waals surface area contributed by atoms with Crippen LogP contribution >= 0.6 is 0 Å². The van der Waals surface area contributed by atoms with Crippen molar-refractivity contribution in [1.82, 2.24) is 5.32 Å². The van der Waals surface area contributed by atoms with E-state index in [-0.39, 0.29) is 24.4 Å². The normalized spacial score (nSPS) is 16.8. The van der Waals surface area contributed by atoms with Crippen LogP contribution in [-0.2, 0) is 9.59 Å². The van der Waals surface area contributed by atoms with E-state index in [2.05, 4.69) is 5.32 Å².